The predicted molar refractivity (Wildman–Crippen MR) is 85.9 cm³/mol. The van der Waals surface area contributed by atoms with Gasteiger partial charge in [-0.25, -0.2) is 9.78 Å². The molecule has 0 bridgehead atoms. The Labute approximate surface area is 130 Å². The fourth-order valence-corrected chi connectivity index (χ4v) is 2.93. The molecule has 6 nitrogen and oxygen atoms in total. The number of imidazole rings is 1. The minimum Gasteiger partial charge on any atom is -0.331 e. The van der Waals surface area contributed by atoms with E-state index in [2.05, 4.69) is 39.5 Å². The highest BCUT2D eigenvalue weighted by Gasteiger charge is 2.22. The molecule has 6 heteroatoms. The van der Waals surface area contributed by atoms with Gasteiger partial charge in [0.1, 0.15) is 5.65 Å². The van der Waals surface area contributed by atoms with Gasteiger partial charge in [0.05, 0.1) is 11.9 Å². The van der Waals surface area contributed by atoms with Crippen LogP contribution in [0.1, 0.15) is 11.3 Å². The fourth-order valence-electron chi connectivity index (χ4n) is 2.93. The summed E-state index contributed by atoms with van der Waals surface area (Å²) >= 11 is 0. The van der Waals surface area contributed by atoms with Gasteiger partial charge in [-0.05, 0) is 18.6 Å². The van der Waals surface area contributed by atoms with Crippen LogP contribution in [0.15, 0.2) is 24.5 Å². The Morgan fingerprint density at radius 3 is 2.68 bits per heavy atom. The molecule has 0 N–H and O–H groups in total. The zero-order chi connectivity index (χ0) is 15.7. The lowest BCUT2D eigenvalue weighted by atomic mass is 10.3. The Morgan fingerprint density at radius 2 is 2.00 bits per heavy atom. The largest absolute Gasteiger partial charge is 0.331 e. The third kappa shape index (κ3) is 2.78. The summed E-state index contributed by atoms with van der Waals surface area (Å²) in [6.07, 6.45) is 4.02. The third-order valence-electron chi connectivity index (χ3n) is 4.22. The number of aromatic nitrogens is 2. The molecule has 0 unspecified atom stereocenters. The van der Waals surface area contributed by atoms with Crippen molar-refractivity contribution in [3.05, 3.63) is 35.8 Å². The van der Waals surface area contributed by atoms with E-state index in [1.165, 1.54) is 11.3 Å². The van der Waals surface area contributed by atoms with E-state index in [4.69, 9.17) is 0 Å². The first-order valence-electron chi connectivity index (χ1n) is 7.66. The summed E-state index contributed by atoms with van der Waals surface area (Å²) in [4.78, 5) is 22.4. The second-order valence-electron chi connectivity index (χ2n) is 6.07. The predicted octanol–water partition coefficient (Wildman–Crippen LogP) is 1.44. The number of fused-ring (bicyclic) bond motifs is 1. The highest BCUT2D eigenvalue weighted by Crippen LogP contribution is 2.14. The maximum absolute atomic E-state index is 12.0. The lowest BCUT2D eigenvalue weighted by Crippen LogP contribution is -2.51. The van der Waals surface area contributed by atoms with Crippen LogP contribution < -0.4 is 0 Å². The van der Waals surface area contributed by atoms with Gasteiger partial charge in [-0.3, -0.25) is 4.90 Å². The Kier molecular flexibility index (Phi) is 4.02. The van der Waals surface area contributed by atoms with Crippen molar-refractivity contribution in [3.63, 3.8) is 0 Å². The SMILES string of the molecule is Cc1cccn2c(CN3CCN(C(=O)N(C)C)CC3)cnc12. The van der Waals surface area contributed by atoms with Gasteiger partial charge < -0.3 is 14.2 Å². The monoisotopic (exact) mass is 301 g/mol. The first-order chi connectivity index (χ1) is 10.6. The van der Waals surface area contributed by atoms with Gasteiger partial charge in [-0.2, -0.15) is 0 Å². The minimum absolute atomic E-state index is 0.102. The first-order valence-corrected chi connectivity index (χ1v) is 7.66. The number of nitrogens with zero attached hydrogens (tertiary/aromatic N) is 5. The van der Waals surface area contributed by atoms with Crippen LogP contribution in [0.5, 0.6) is 0 Å². The summed E-state index contributed by atoms with van der Waals surface area (Å²) in [6.45, 7) is 6.32. The van der Waals surface area contributed by atoms with Crippen molar-refractivity contribution in [2.45, 2.75) is 13.5 Å². The number of carbonyl (C=O) groups excluding carboxylic acids is 1. The van der Waals surface area contributed by atoms with Crippen LogP contribution in [0.2, 0.25) is 0 Å². The summed E-state index contributed by atoms with van der Waals surface area (Å²) in [5, 5.41) is 0. The summed E-state index contributed by atoms with van der Waals surface area (Å²) in [6, 6.07) is 4.24. The van der Waals surface area contributed by atoms with Crippen LogP contribution >= 0.6 is 0 Å². The Balaban J connectivity index is 1.65. The van der Waals surface area contributed by atoms with Crippen molar-refractivity contribution in [1.29, 1.82) is 0 Å². The van der Waals surface area contributed by atoms with Crippen LogP contribution in [-0.2, 0) is 6.54 Å². The normalized spacial score (nSPS) is 16.2. The third-order valence-corrected chi connectivity index (χ3v) is 4.22. The molecule has 0 aromatic carbocycles. The molecule has 0 radical (unpaired) electrons. The number of pyridine rings is 1. The van der Waals surface area contributed by atoms with E-state index in [0.29, 0.717) is 0 Å². The molecule has 0 spiro atoms. The molecule has 0 saturated carbocycles. The number of urea groups is 1. The first kappa shape index (κ1) is 14.8. The molecule has 2 aromatic rings. The topological polar surface area (TPSA) is 44.1 Å². The van der Waals surface area contributed by atoms with Gasteiger partial charge in [0.25, 0.3) is 0 Å². The van der Waals surface area contributed by atoms with Crippen LogP contribution in [-0.4, -0.2) is 70.4 Å². The second-order valence-corrected chi connectivity index (χ2v) is 6.07. The zero-order valence-electron chi connectivity index (χ0n) is 13.5. The van der Waals surface area contributed by atoms with E-state index >= 15 is 0 Å². The van der Waals surface area contributed by atoms with E-state index in [0.717, 1.165) is 38.4 Å². The van der Waals surface area contributed by atoms with E-state index in [-0.39, 0.29) is 6.03 Å². The molecule has 3 heterocycles. The van der Waals surface area contributed by atoms with Gasteiger partial charge in [0, 0.05) is 53.0 Å². The zero-order valence-corrected chi connectivity index (χ0v) is 13.5. The van der Waals surface area contributed by atoms with Crippen molar-refractivity contribution in [3.8, 4) is 0 Å². The van der Waals surface area contributed by atoms with Crippen LogP contribution in [0.4, 0.5) is 4.79 Å². The number of rotatable bonds is 2. The average molecular weight is 301 g/mol. The highest BCUT2D eigenvalue weighted by atomic mass is 16.2. The van der Waals surface area contributed by atoms with Crippen LogP contribution in [0.3, 0.4) is 0 Å². The molecule has 0 atom stereocenters. The van der Waals surface area contributed by atoms with E-state index in [9.17, 15) is 4.79 Å². The van der Waals surface area contributed by atoms with Crippen molar-refractivity contribution >= 4 is 11.7 Å². The highest BCUT2D eigenvalue weighted by molar-refractivity contribution is 5.73. The lowest BCUT2D eigenvalue weighted by Gasteiger charge is -2.35. The van der Waals surface area contributed by atoms with E-state index in [1.807, 2.05) is 11.1 Å². The summed E-state index contributed by atoms with van der Waals surface area (Å²) < 4.78 is 2.16. The molecular formula is C16H23N5O. The van der Waals surface area contributed by atoms with Crippen LogP contribution in [0.25, 0.3) is 5.65 Å². The Hall–Kier alpha value is -2.08. The molecule has 1 aliphatic heterocycles. The van der Waals surface area contributed by atoms with E-state index < -0.39 is 0 Å². The van der Waals surface area contributed by atoms with Gasteiger partial charge in [0.15, 0.2) is 0 Å². The maximum atomic E-state index is 12.0. The summed E-state index contributed by atoms with van der Waals surface area (Å²) in [5.41, 5.74) is 3.42. The second kappa shape index (κ2) is 5.96. The average Bonchev–Trinajstić information content (AvgIpc) is 2.92. The maximum Gasteiger partial charge on any atom is 0.319 e. The molecule has 1 fully saturated rings. The number of amides is 2. The van der Waals surface area contributed by atoms with Crippen molar-refractivity contribution < 1.29 is 4.79 Å². The number of piperazine rings is 1. The summed E-state index contributed by atoms with van der Waals surface area (Å²) in [7, 11) is 3.60. The van der Waals surface area contributed by atoms with Gasteiger partial charge in [-0.1, -0.05) is 6.07 Å². The van der Waals surface area contributed by atoms with Crippen LogP contribution in [0, 0.1) is 6.92 Å². The van der Waals surface area contributed by atoms with Gasteiger partial charge in [-0.15, -0.1) is 0 Å². The number of aryl methyl sites for hydroxylation is 1. The molecule has 1 saturated heterocycles. The van der Waals surface area contributed by atoms with Crippen molar-refractivity contribution in [1.82, 2.24) is 24.1 Å². The van der Waals surface area contributed by atoms with Crippen molar-refractivity contribution in [2.75, 3.05) is 40.3 Å². The molecule has 0 aliphatic carbocycles. The molecule has 2 aromatic heterocycles. The molecule has 3 rings (SSSR count). The molecule has 118 valence electrons. The Morgan fingerprint density at radius 1 is 1.27 bits per heavy atom. The summed E-state index contributed by atoms with van der Waals surface area (Å²) in [5.74, 6) is 0. The fraction of sp³-hybridized carbons (Fsp3) is 0.500. The molecular weight excluding hydrogens is 278 g/mol. The Bertz CT molecular complexity index is 670. The van der Waals surface area contributed by atoms with Gasteiger partial charge >= 0.3 is 6.03 Å². The molecule has 1 aliphatic rings. The smallest absolute Gasteiger partial charge is 0.319 e. The number of hydrogen-bond donors (Lipinski definition) is 0. The lowest BCUT2D eigenvalue weighted by molar-refractivity contribution is 0.119. The van der Waals surface area contributed by atoms with Crippen molar-refractivity contribution in [2.24, 2.45) is 0 Å². The van der Waals surface area contributed by atoms with E-state index in [1.54, 1.807) is 19.0 Å². The quantitative estimate of drug-likeness (QED) is 0.843. The van der Waals surface area contributed by atoms with Gasteiger partial charge in [0.2, 0.25) is 0 Å². The standard InChI is InChI=1S/C16H23N5O/c1-13-5-4-6-21-14(11-17-15(13)21)12-19-7-9-20(10-8-19)16(22)18(2)3/h4-6,11H,7-10,12H2,1-3H3. The molecule has 22 heavy (non-hydrogen) atoms. The minimum atomic E-state index is 0.102. The number of hydrogen-bond acceptors (Lipinski definition) is 3. The molecule has 2 amide bonds. The number of carbonyl (C=O) groups is 1.